The quantitative estimate of drug-likeness (QED) is 0.523. The topological polar surface area (TPSA) is 46.5 Å². The number of ether oxygens (including phenoxy) is 1. The molecule has 0 aromatic heterocycles. The molecule has 0 radical (unpaired) electrons. The summed E-state index contributed by atoms with van der Waals surface area (Å²) in [6.07, 6.45) is 2.40. The van der Waals surface area contributed by atoms with Crippen LogP contribution in [0.2, 0.25) is 0 Å². The lowest BCUT2D eigenvalue weighted by atomic mass is 9.94. The van der Waals surface area contributed by atoms with Crippen molar-refractivity contribution in [2.75, 3.05) is 6.61 Å². The Balaban J connectivity index is 3.85. The normalized spacial score (nSPS) is 14.4. The van der Waals surface area contributed by atoms with Crippen LogP contribution in [0.5, 0.6) is 0 Å². The van der Waals surface area contributed by atoms with Crippen molar-refractivity contribution >= 4 is 5.97 Å². The highest BCUT2D eigenvalue weighted by Gasteiger charge is 2.24. The van der Waals surface area contributed by atoms with Gasteiger partial charge in [-0.2, -0.15) is 0 Å². The van der Waals surface area contributed by atoms with E-state index in [1.54, 1.807) is 13.8 Å². The lowest BCUT2D eigenvalue weighted by Crippen LogP contribution is -2.28. The molecule has 0 amide bonds. The van der Waals surface area contributed by atoms with Crippen molar-refractivity contribution in [3.05, 3.63) is 12.2 Å². The van der Waals surface area contributed by atoms with E-state index in [4.69, 9.17) is 4.74 Å². The SMILES string of the molecule is C=C(C)CCCC(C)(O)CC(=O)OCC. The first kappa shape index (κ1) is 14.2. The van der Waals surface area contributed by atoms with Crippen LogP contribution in [0.4, 0.5) is 0 Å². The zero-order valence-electron chi connectivity index (χ0n) is 10.0. The molecule has 1 N–H and O–H groups in total. The minimum Gasteiger partial charge on any atom is -0.466 e. The summed E-state index contributed by atoms with van der Waals surface area (Å²) in [5.74, 6) is -0.335. The molecule has 3 nitrogen and oxygen atoms in total. The molecule has 3 heteroatoms. The third-order valence-corrected chi connectivity index (χ3v) is 2.15. The smallest absolute Gasteiger partial charge is 0.308 e. The Labute approximate surface area is 92.1 Å². The van der Waals surface area contributed by atoms with Crippen molar-refractivity contribution in [1.82, 2.24) is 0 Å². The standard InChI is InChI=1S/C12H22O3/c1-5-15-11(13)9-12(4,14)8-6-7-10(2)3/h14H,2,5-9H2,1,3-4H3. The molecule has 0 saturated carbocycles. The van der Waals surface area contributed by atoms with Gasteiger partial charge >= 0.3 is 5.97 Å². The second-order valence-electron chi connectivity index (χ2n) is 4.29. The summed E-state index contributed by atoms with van der Waals surface area (Å²) in [4.78, 5) is 11.2. The fourth-order valence-electron chi connectivity index (χ4n) is 1.38. The van der Waals surface area contributed by atoms with Crippen molar-refractivity contribution in [3.8, 4) is 0 Å². The van der Waals surface area contributed by atoms with Gasteiger partial charge in [0.05, 0.1) is 18.6 Å². The van der Waals surface area contributed by atoms with Gasteiger partial charge in [0.2, 0.25) is 0 Å². The largest absolute Gasteiger partial charge is 0.466 e. The third kappa shape index (κ3) is 8.18. The van der Waals surface area contributed by atoms with Crippen LogP contribution in [0.15, 0.2) is 12.2 Å². The van der Waals surface area contributed by atoms with E-state index in [0.717, 1.165) is 18.4 Å². The summed E-state index contributed by atoms with van der Waals surface area (Å²) >= 11 is 0. The van der Waals surface area contributed by atoms with Crippen LogP contribution < -0.4 is 0 Å². The van der Waals surface area contributed by atoms with E-state index in [1.807, 2.05) is 6.92 Å². The zero-order chi connectivity index (χ0) is 11.9. The predicted octanol–water partition coefficient (Wildman–Crippen LogP) is 2.44. The average molecular weight is 214 g/mol. The van der Waals surface area contributed by atoms with Gasteiger partial charge in [0.1, 0.15) is 0 Å². The molecule has 0 aliphatic carbocycles. The lowest BCUT2D eigenvalue weighted by Gasteiger charge is -2.21. The minimum absolute atomic E-state index is 0.0665. The van der Waals surface area contributed by atoms with Gasteiger partial charge in [-0.3, -0.25) is 4.79 Å². The molecule has 15 heavy (non-hydrogen) atoms. The van der Waals surface area contributed by atoms with Crippen LogP contribution in [0, 0.1) is 0 Å². The first-order valence-corrected chi connectivity index (χ1v) is 5.40. The Kier molecular flexibility index (Phi) is 6.25. The molecule has 0 bridgehead atoms. The summed E-state index contributed by atoms with van der Waals surface area (Å²) in [5, 5.41) is 9.89. The Morgan fingerprint density at radius 2 is 2.13 bits per heavy atom. The summed E-state index contributed by atoms with van der Waals surface area (Å²) in [7, 11) is 0. The zero-order valence-corrected chi connectivity index (χ0v) is 10.0. The van der Waals surface area contributed by atoms with Crippen molar-refractivity contribution in [3.63, 3.8) is 0 Å². The third-order valence-electron chi connectivity index (χ3n) is 2.15. The van der Waals surface area contributed by atoms with E-state index >= 15 is 0 Å². The molecule has 0 rings (SSSR count). The molecular weight excluding hydrogens is 192 g/mol. The number of aliphatic hydroxyl groups is 1. The van der Waals surface area contributed by atoms with E-state index in [9.17, 15) is 9.90 Å². The fourth-order valence-corrected chi connectivity index (χ4v) is 1.38. The van der Waals surface area contributed by atoms with Gasteiger partial charge in [0, 0.05) is 0 Å². The Morgan fingerprint density at radius 1 is 1.53 bits per heavy atom. The number of rotatable bonds is 7. The molecule has 1 atom stereocenters. The molecule has 0 spiro atoms. The minimum atomic E-state index is -0.957. The second kappa shape index (κ2) is 6.62. The Hall–Kier alpha value is -0.830. The maximum atomic E-state index is 11.2. The molecule has 0 aromatic rings. The number of esters is 1. The maximum absolute atomic E-state index is 11.2. The average Bonchev–Trinajstić information content (AvgIpc) is 2.01. The number of carbonyl (C=O) groups is 1. The molecular formula is C12H22O3. The molecule has 0 aliphatic heterocycles. The van der Waals surface area contributed by atoms with E-state index in [-0.39, 0.29) is 12.4 Å². The molecule has 0 aromatic carbocycles. The van der Waals surface area contributed by atoms with E-state index in [1.165, 1.54) is 0 Å². The van der Waals surface area contributed by atoms with Crippen molar-refractivity contribution in [2.45, 2.75) is 52.1 Å². The van der Waals surface area contributed by atoms with E-state index in [2.05, 4.69) is 6.58 Å². The lowest BCUT2D eigenvalue weighted by molar-refractivity contribution is -0.148. The van der Waals surface area contributed by atoms with Crippen molar-refractivity contribution < 1.29 is 14.6 Å². The Morgan fingerprint density at radius 3 is 2.60 bits per heavy atom. The van der Waals surface area contributed by atoms with Crippen LogP contribution in [-0.4, -0.2) is 23.3 Å². The Bertz CT molecular complexity index is 219. The van der Waals surface area contributed by atoms with Crippen LogP contribution in [0.1, 0.15) is 46.5 Å². The van der Waals surface area contributed by atoms with Gasteiger partial charge in [-0.25, -0.2) is 0 Å². The van der Waals surface area contributed by atoms with Gasteiger partial charge in [-0.05, 0) is 40.0 Å². The first-order chi connectivity index (χ1) is 6.87. The highest BCUT2D eigenvalue weighted by atomic mass is 16.5. The van der Waals surface area contributed by atoms with Crippen LogP contribution in [-0.2, 0) is 9.53 Å². The van der Waals surface area contributed by atoms with Crippen LogP contribution in [0.3, 0.4) is 0 Å². The maximum Gasteiger partial charge on any atom is 0.308 e. The van der Waals surface area contributed by atoms with Gasteiger partial charge < -0.3 is 9.84 Å². The van der Waals surface area contributed by atoms with Gasteiger partial charge in [-0.1, -0.05) is 5.57 Å². The molecule has 0 fully saturated rings. The van der Waals surface area contributed by atoms with Crippen LogP contribution >= 0.6 is 0 Å². The van der Waals surface area contributed by atoms with Crippen molar-refractivity contribution in [1.29, 1.82) is 0 Å². The number of hydrogen-bond acceptors (Lipinski definition) is 3. The highest BCUT2D eigenvalue weighted by Crippen LogP contribution is 2.19. The second-order valence-corrected chi connectivity index (χ2v) is 4.29. The molecule has 1 unspecified atom stereocenters. The molecule has 88 valence electrons. The number of carbonyl (C=O) groups excluding carboxylic acids is 1. The van der Waals surface area contributed by atoms with Gasteiger partial charge in [0.25, 0.3) is 0 Å². The van der Waals surface area contributed by atoms with Gasteiger partial charge in [0.15, 0.2) is 0 Å². The van der Waals surface area contributed by atoms with Crippen LogP contribution in [0.25, 0.3) is 0 Å². The molecule has 0 aliphatic rings. The molecule has 0 saturated heterocycles. The highest BCUT2D eigenvalue weighted by molar-refractivity contribution is 5.70. The summed E-state index contributed by atoms with van der Waals surface area (Å²) < 4.78 is 4.79. The van der Waals surface area contributed by atoms with Crippen molar-refractivity contribution in [2.24, 2.45) is 0 Å². The monoisotopic (exact) mass is 214 g/mol. The predicted molar refractivity (Wildman–Crippen MR) is 60.5 cm³/mol. The summed E-state index contributed by atoms with van der Waals surface area (Å²) in [5.41, 5.74) is 0.142. The number of allylic oxidation sites excluding steroid dienone is 1. The summed E-state index contributed by atoms with van der Waals surface area (Å²) in [6.45, 7) is 9.54. The summed E-state index contributed by atoms with van der Waals surface area (Å²) in [6, 6.07) is 0. The molecule has 0 heterocycles. The first-order valence-electron chi connectivity index (χ1n) is 5.40. The van der Waals surface area contributed by atoms with Gasteiger partial charge in [-0.15, -0.1) is 6.58 Å². The number of hydrogen-bond donors (Lipinski definition) is 1. The fraction of sp³-hybridized carbons (Fsp3) is 0.750. The van der Waals surface area contributed by atoms with E-state index in [0.29, 0.717) is 13.0 Å². The van der Waals surface area contributed by atoms with E-state index < -0.39 is 5.60 Å².